The molecule has 0 aromatic heterocycles. The molecule has 0 aliphatic carbocycles. The summed E-state index contributed by atoms with van der Waals surface area (Å²) >= 11 is 0. The van der Waals surface area contributed by atoms with Crippen LogP contribution in [0.1, 0.15) is 49.4 Å². The van der Waals surface area contributed by atoms with E-state index < -0.39 is 5.97 Å². The molecule has 0 aliphatic rings. The summed E-state index contributed by atoms with van der Waals surface area (Å²) in [7, 11) is 0. The van der Waals surface area contributed by atoms with Gasteiger partial charge in [-0.15, -0.1) is 0 Å². The van der Waals surface area contributed by atoms with Gasteiger partial charge < -0.3 is 19.9 Å². The van der Waals surface area contributed by atoms with Gasteiger partial charge in [0.25, 0.3) is 5.91 Å². The van der Waals surface area contributed by atoms with E-state index in [1.165, 1.54) is 0 Å². The van der Waals surface area contributed by atoms with Crippen LogP contribution >= 0.6 is 0 Å². The molecule has 0 radical (unpaired) electrons. The second kappa shape index (κ2) is 9.78. The molecular formula is C22H27NO5. The maximum Gasteiger partial charge on any atom is 0.341 e. The van der Waals surface area contributed by atoms with E-state index in [1.807, 2.05) is 32.0 Å². The highest BCUT2D eigenvalue weighted by Gasteiger charge is 2.13. The number of hydrogen-bond acceptors (Lipinski definition) is 4. The van der Waals surface area contributed by atoms with Crippen molar-refractivity contribution >= 4 is 11.9 Å². The molecule has 0 aliphatic heterocycles. The van der Waals surface area contributed by atoms with Crippen LogP contribution in [0.2, 0.25) is 0 Å². The van der Waals surface area contributed by atoms with Gasteiger partial charge in [-0.1, -0.05) is 38.1 Å². The summed E-state index contributed by atoms with van der Waals surface area (Å²) < 4.78 is 10.9. The van der Waals surface area contributed by atoms with Crippen LogP contribution in [-0.2, 0) is 9.59 Å². The molecule has 0 saturated carbocycles. The average Bonchev–Trinajstić information content (AvgIpc) is 2.64. The van der Waals surface area contributed by atoms with Crippen molar-refractivity contribution in [1.29, 1.82) is 0 Å². The number of nitrogens with one attached hydrogen (secondary N) is 1. The van der Waals surface area contributed by atoms with E-state index in [-0.39, 0.29) is 25.2 Å². The minimum atomic E-state index is -1.03. The Morgan fingerprint density at radius 1 is 1.00 bits per heavy atom. The first-order valence-electron chi connectivity index (χ1n) is 9.23. The molecule has 2 rings (SSSR count). The van der Waals surface area contributed by atoms with Crippen molar-refractivity contribution in [3.63, 3.8) is 0 Å². The predicted octanol–water partition coefficient (Wildman–Crippen LogP) is 3.84. The average molecular weight is 385 g/mol. The first-order valence-corrected chi connectivity index (χ1v) is 9.23. The first-order chi connectivity index (χ1) is 13.3. The third-order valence-electron chi connectivity index (χ3n) is 4.27. The molecule has 0 spiro atoms. The summed E-state index contributed by atoms with van der Waals surface area (Å²) in [6.45, 7) is 7.58. The molecule has 2 N–H and O–H groups in total. The number of hydrogen-bond donors (Lipinski definition) is 2. The Hall–Kier alpha value is -3.02. The maximum atomic E-state index is 12.3. The lowest BCUT2D eigenvalue weighted by Crippen LogP contribution is -2.31. The third-order valence-corrected chi connectivity index (χ3v) is 4.27. The maximum absolute atomic E-state index is 12.3. The number of carbonyl (C=O) groups excluding carboxylic acids is 1. The monoisotopic (exact) mass is 385 g/mol. The third kappa shape index (κ3) is 6.30. The zero-order valence-electron chi connectivity index (χ0n) is 16.7. The SMILES string of the molecule is Cc1ccc(C(C)C)c(OCC(=O)NC(C)c2ccc(OCC(=O)O)cc2)c1. The molecule has 1 unspecified atom stereocenters. The highest BCUT2D eigenvalue weighted by molar-refractivity contribution is 5.78. The lowest BCUT2D eigenvalue weighted by Gasteiger charge is -2.17. The Labute approximate surface area is 165 Å². The van der Waals surface area contributed by atoms with E-state index in [9.17, 15) is 9.59 Å². The fourth-order valence-electron chi connectivity index (χ4n) is 2.75. The van der Waals surface area contributed by atoms with Crippen LogP contribution < -0.4 is 14.8 Å². The molecule has 0 saturated heterocycles. The molecule has 0 fully saturated rings. The van der Waals surface area contributed by atoms with Crippen LogP contribution in [0.3, 0.4) is 0 Å². The van der Waals surface area contributed by atoms with E-state index in [1.54, 1.807) is 24.3 Å². The van der Waals surface area contributed by atoms with Crippen molar-refractivity contribution in [3.05, 3.63) is 59.2 Å². The van der Waals surface area contributed by atoms with Crippen molar-refractivity contribution < 1.29 is 24.2 Å². The minimum absolute atomic E-state index is 0.0622. The standard InChI is InChI=1S/C22H27NO5/c1-14(2)19-10-5-15(3)11-20(19)28-12-21(24)23-16(4)17-6-8-18(9-7-17)27-13-22(25)26/h5-11,14,16H,12-13H2,1-4H3,(H,23,24)(H,25,26). The Morgan fingerprint density at radius 3 is 2.29 bits per heavy atom. The summed E-state index contributed by atoms with van der Waals surface area (Å²) in [4.78, 5) is 22.8. The van der Waals surface area contributed by atoms with Crippen molar-refractivity contribution in [2.75, 3.05) is 13.2 Å². The van der Waals surface area contributed by atoms with Crippen molar-refractivity contribution in [1.82, 2.24) is 5.32 Å². The predicted molar refractivity (Wildman–Crippen MR) is 107 cm³/mol. The van der Waals surface area contributed by atoms with Gasteiger partial charge in [-0.3, -0.25) is 4.79 Å². The van der Waals surface area contributed by atoms with Crippen LogP contribution in [-0.4, -0.2) is 30.2 Å². The lowest BCUT2D eigenvalue weighted by atomic mass is 10.0. The fourth-order valence-corrected chi connectivity index (χ4v) is 2.75. The Morgan fingerprint density at radius 2 is 1.68 bits per heavy atom. The summed E-state index contributed by atoms with van der Waals surface area (Å²) in [5.74, 6) is 0.264. The molecule has 1 amide bonds. The Kier molecular flexibility index (Phi) is 7.44. The number of aliphatic carboxylic acids is 1. The van der Waals surface area contributed by atoms with Crippen molar-refractivity contribution in [2.45, 2.75) is 39.7 Å². The molecule has 0 heterocycles. The number of carbonyl (C=O) groups is 2. The summed E-state index contributed by atoms with van der Waals surface area (Å²) in [6.07, 6.45) is 0. The largest absolute Gasteiger partial charge is 0.483 e. The Balaban J connectivity index is 1.91. The number of rotatable bonds is 9. The van der Waals surface area contributed by atoms with Gasteiger partial charge in [-0.25, -0.2) is 4.79 Å². The molecule has 2 aromatic carbocycles. The second-order valence-corrected chi connectivity index (χ2v) is 7.03. The van der Waals surface area contributed by atoms with Gasteiger partial charge in [-0.2, -0.15) is 0 Å². The Bertz CT molecular complexity index is 814. The number of aryl methyl sites for hydroxylation is 1. The summed E-state index contributed by atoms with van der Waals surface area (Å²) in [5, 5.41) is 11.5. The van der Waals surface area contributed by atoms with Gasteiger partial charge in [-0.05, 0) is 54.7 Å². The van der Waals surface area contributed by atoms with Crippen LogP contribution in [0.4, 0.5) is 0 Å². The van der Waals surface area contributed by atoms with Crippen LogP contribution in [0.5, 0.6) is 11.5 Å². The number of benzene rings is 2. The van der Waals surface area contributed by atoms with Gasteiger partial charge in [0.1, 0.15) is 11.5 Å². The van der Waals surface area contributed by atoms with E-state index in [0.29, 0.717) is 11.7 Å². The normalized spacial score (nSPS) is 11.8. The van der Waals surface area contributed by atoms with Gasteiger partial charge in [0.15, 0.2) is 13.2 Å². The van der Waals surface area contributed by atoms with Crippen molar-refractivity contribution in [2.24, 2.45) is 0 Å². The van der Waals surface area contributed by atoms with Gasteiger partial charge in [0.05, 0.1) is 6.04 Å². The van der Waals surface area contributed by atoms with Crippen molar-refractivity contribution in [3.8, 4) is 11.5 Å². The molecule has 28 heavy (non-hydrogen) atoms. The van der Waals surface area contributed by atoms with Crippen LogP contribution in [0.25, 0.3) is 0 Å². The topological polar surface area (TPSA) is 84.9 Å². The minimum Gasteiger partial charge on any atom is -0.483 e. The van der Waals surface area contributed by atoms with E-state index in [0.717, 1.165) is 22.4 Å². The highest BCUT2D eigenvalue weighted by Crippen LogP contribution is 2.27. The molecule has 0 bridgehead atoms. The number of amides is 1. The molecule has 1 atom stereocenters. The molecule has 150 valence electrons. The highest BCUT2D eigenvalue weighted by atomic mass is 16.5. The van der Waals surface area contributed by atoms with Crippen LogP contribution in [0, 0.1) is 6.92 Å². The number of carboxylic acids is 1. The molecule has 6 nitrogen and oxygen atoms in total. The number of carboxylic acid groups (broad SMARTS) is 1. The smallest absolute Gasteiger partial charge is 0.341 e. The lowest BCUT2D eigenvalue weighted by molar-refractivity contribution is -0.139. The molecule has 2 aromatic rings. The summed E-state index contributed by atoms with van der Waals surface area (Å²) in [5.41, 5.74) is 3.04. The van der Waals surface area contributed by atoms with Gasteiger partial charge in [0, 0.05) is 0 Å². The molecular weight excluding hydrogens is 358 g/mol. The molecule has 6 heteroatoms. The number of ether oxygens (including phenoxy) is 2. The van der Waals surface area contributed by atoms with E-state index in [4.69, 9.17) is 14.6 Å². The summed E-state index contributed by atoms with van der Waals surface area (Å²) in [6, 6.07) is 12.7. The van der Waals surface area contributed by atoms with Gasteiger partial charge in [0.2, 0.25) is 0 Å². The second-order valence-electron chi connectivity index (χ2n) is 7.03. The van der Waals surface area contributed by atoms with E-state index >= 15 is 0 Å². The van der Waals surface area contributed by atoms with E-state index in [2.05, 4.69) is 19.2 Å². The van der Waals surface area contributed by atoms with Gasteiger partial charge >= 0.3 is 5.97 Å². The quantitative estimate of drug-likeness (QED) is 0.685. The first kappa shape index (κ1) is 21.3. The van der Waals surface area contributed by atoms with Crippen LogP contribution in [0.15, 0.2) is 42.5 Å². The zero-order chi connectivity index (χ0) is 20.7. The zero-order valence-corrected chi connectivity index (χ0v) is 16.7. The fraction of sp³-hybridized carbons (Fsp3) is 0.364.